The van der Waals surface area contributed by atoms with Crippen LogP contribution >= 0.6 is 27.3 Å². The minimum absolute atomic E-state index is 0.127. The molecule has 3 aromatic rings. The number of anilines is 1. The minimum atomic E-state index is -4.49. The Morgan fingerprint density at radius 2 is 1.91 bits per heavy atom. The van der Waals surface area contributed by atoms with Crippen molar-refractivity contribution in [3.63, 3.8) is 0 Å². The van der Waals surface area contributed by atoms with Crippen molar-refractivity contribution >= 4 is 48.5 Å². The van der Waals surface area contributed by atoms with E-state index in [1.54, 1.807) is 24.3 Å². The fourth-order valence-corrected chi connectivity index (χ4v) is 3.32. The van der Waals surface area contributed by atoms with Crippen LogP contribution in [0.5, 0.6) is 0 Å². The van der Waals surface area contributed by atoms with Crippen LogP contribution in [0.2, 0.25) is 0 Å². The zero-order chi connectivity index (χ0) is 16.6. The number of hydrogen-bond donors (Lipinski definition) is 1. The molecule has 0 aliphatic rings. The van der Waals surface area contributed by atoms with Crippen molar-refractivity contribution in [2.45, 2.75) is 6.18 Å². The number of carbonyl (C=O) groups is 1. The van der Waals surface area contributed by atoms with E-state index in [1.165, 1.54) is 12.1 Å². The fraction of sp³-hybridized carbons (Fsp3) is 0.0667. The third kappa shape index (κ3) is 3.37. The summed E-state index contributed by atoms with van der Waals surface area (Å²) < 4.78 is 40.0. The summed E-state index contributed by atoms with van der Waals surface area (Å²) in [6.45, 7) is 0. The molecule has 1 amide bonds. The highest BCUT2D eigenvalue weighted by Gasteiger charge is 2.33. The van der Waals surface area contributed by atoms with E-state index >= 15 is 0 Å². The first-order valence-corrected chi connectivity index (χ1v) is 7.99. The van der Waals surface area contributed by atoms with Gasteiger partial charge in [0.05, 0.1) is 15.8 Å². The Morgan fingerprint density at radius 3 is 2.61 bits per heavy atom. The first-order valence-electron chi connectivity index (χ1n) is 6.38. The van der Waals surface area contributed by atoms with Crippen LogP contribution in [0.3, 0.4) is 0 Å². The summed E-state index contributed by atoms with van der Waals surface area (Å²) in [5.74, 6) is -0.432. The van der Waals surface area contributed by atoms with Gasteiger partial charge in [-0.05, 0) is 30.3 Å². The minimum Gasteiger partial charge on any atom is -0.298 e. The lowest BCUT2D eigenvalue weighted by molar-refractivity contribution is -0.136. The number of halogens is 4. The molecule has 2 aromatic carbocycles. The van der Waals surface area contributed by atoms with E-state index in [2.05, 4.69) is 26.2 Å². The highest BCUT2D eigenvalue weighted by atomic mass is 79.9. The van der Waals surface area contributed by atoms with Gasteiger partial charge in [0, 0.05) is 10.0 Å². The van der Waals surface area contributed by atoms with Gasteiger partial charge >= 0.3 is 6.18 Å². The average Bonchev–Trinajstić information content (AvgIpc) is 2.88. The van der Waals surface area contributed by atoms with E-state index in [9.17, 15) is 18.0 Å². The number of hydrogen-bond acceptors (Lipinski definition) is 3. The number of nitrogens with zero attached hydrogens (tertiary/aromatic N) is 1. The topological polar surface area (TPSA) is 42.0 Å². The standard InChI is InChI=1S/C15H8BrF3N2OS/c16-9-4-1-3-8(7-9)13(22)21-14-20-12-10(15(17,18)19)5-2-6-11(12)23-14/h1-7H,(H,20,21,22). The quantitative estimate of drug-likeness (QED) is 0.631. The van der Waals surface area contributed by atoms with Gasteiger partial charge in [-0.1, -0.05) is 39.4 Å². The van der Waals surface area contributed by atoms with Gasteiger partial charge < -0.3 is 0 Å². The summed E-state index contributed by atoms with van der Waals surface area (Å²) in [5.41, 5.74) is -0.585. The van der Waals surface area contributed by atoms with Gasteiger partial charge in [-0.15, -0.1) is 0 Å². The largest absolute Gasteiger partial charge is 0.418 e. The smallest absolute Gasteiger partial charge is 0.298 e. The number of carbonyl (C=O) groups excluding carboxylic acids is 1. The van der Waals surface area contributed by atoms with E-state index in [0.717, 1.165) is 21.9 Å². The molecule has 0 aliphatic carbocycles. The molecule has 3 nitrogen and oxygen atoms in total. The monoisotopic (exact) mass is 400 g/mol. The highest BCUT2D eigenvalue weighted by Crippen LogP contribution is 2.37. The number of aromatic nitrogens is 1. The van der Waals surface area contributed by atoms with Crippen molar-refractivity contribution in [3.05, 3.63) is 58.1 Å². The van der Waals surface area contributed by atoms with Crippen molar-refractivity contribution in [3.8, 4) is 0 Å². The lowest BCUT2D eigenvalue weighted by atomic mass is 10.2. The van der Waals surface area contributed by atoms with Crippen LogP contribution in [0.4, 0.5) is 18.3 Å². The van der Waals surface area contributed by atoms with Crippen LogP contribution < -0.4 is 5.32 Å². The van der Waals surface area contributed by atoms with Crippen LogP contribution in [0.25, 0.3) is 10.2 Å². The molecule has 3 rings (SSSR count). The van der Waals surface area contributed by atoms with Gasteiger partial charge in [0.15, 0.2) is 5.13 Å². The van der Waals surface area contributed by atoms with Gasteiger partial charge in [-0.3, -0.25) is 10.1 Å². The first-order chi connectivity index (χ1) is 10.8. The number of benzene rings is 2. The molecular weight excluding hydrogens is 393 g/mol. The Kier molecular flexibility index (Phi) is 4.11. The van der Waals surface area contributed by atoms with Crippen LogP contribution in [0.15, 0.2) is 46.9 Å². The summed E-state index contributed by atoms with van der Waals surface area (Å²) in [7, 11) is 0. The van der Waals surface area contributed by atoms with Crippen LogP contribution in [-0.4, -0.2) is 10.9 Å². The van der Waals surface area contributed by atoms with Crippen molar-refractivity contribution in [2.75, 3.05) is 5.32 Å². The number of rotatable bonds is 2. The van der Waals surface area contributed by atoms with E-state index in [-0.39, 0.29) is 10.6 Å². The Morgan fingerprint density at radius 1 is 1.17 bits per heavy atom. The van der Waals surface area contributed by atoms with Crippen molar-refractivity contribution in [1.82, 2.24) is 4.98 Å². The van der Waals surface area contributed by atoms with Gasteiger partial charge in [-0.2, -0.15) is 13.2 Å². The van der Waals surface area contributed by atoms with Gasteiger partial charge in [-0.25, -0.2) is 4.98 Å². The van der Waals surface area contributed by atoms with E-state index in [0.29, 0.717) is 10.3 Å². The van der Waals surface area contributed by atoms with Gasteiger partial charge in [0.2, 0.25) is 0 Å². The third-order valence-electron chi connectivity index (χ3n) is 3.03. The lowest BCUT2D eigenvalue weighted by Crippen LogP contribution is -2.11. The van der Waals surface area contributed by atoms with Crippen LogP contribution in [0, 0.1) is 0 Å². The molecule has 23 heavy (non-hydrogen) atoms. The molecule has 0 fully saturated rings. The number of amides is 1. The first kappa shape index (κ1) is 15.9. The Bertz CT molecular complexity index is 892. The maximum atomic E-state index is 13.0. The second-order valence-corrected chi connectivity index (χ2v) is 6.58. The normalized spacial score (nSPS) is 11.7. The van der Waals surface area contributed by atoms with Gasteiger partial charge in [0.25, 0.3) is 5.91 Å². The van der Waals surface area contributed by atoms with Crippen molar-refractivity contribution < 1.29 is 18.0 Å². The van der Waals surface area contributed by atoms with Crippen molar-refractivity contribution in [1.29, 1.82) is 0 Å². The summed E-state index contributed by atoms with van der Waals surface area (Å²) in [6.07, 6.45) is -4.49. The summed E-state index contributed by atoms with van der Waals surface area (Å²) in [5, 5.41) is 2.66. The van der Waals surface area contributed by atoms with Crippen LogP contribution in [-0.2, 0) is 6.18 Å². The Balaban J connectivity index is 1.94. The van der Waals surface area contributed by atoms with E-state index < -0.39 is 17.6 Å². The molecule has 1 heterocycles. The van der Waals surface area contributed by atoms with Crippen molar-refractivity contribution in [2.24, 2.45) is 0 Å². The maximum Gasteiger partial charge on any atom is 0.418 e. The molecular formula is C15H8BrF3N2OS. The molecule has 8 heteroatoms. The molecule has 0 bridgehead atoms. The molecule has 1 N–H and O–H groups in total. The van der Waals surface area contributed by atoms with Gasteiger partial charge in [0.1, 0.15) is 0 Å². The maximum absolute atomic E-state index is 13.0. The average molecular weight is 401 g/mol. The molecule has 118 valence electrons. The number of nitrogens with one attached hydrogen (secondary N) is 1. The van der Waals surface area contributed by atoms with E-state index in [1.807, 2.05) is 0 Å². The van der Waals surface area contributed by atoms with Crippen LogP contribution in [0.1, 0.15) is 15.9 Å². The second-order valence-electron chi connectivity index (χ2n) is 4.63. The molecule has 0 unspecified atom stereocenters. The lowest BCUT2D eigenvalue weighted by Gasteiger charge is -2.06. The Hall–Kier alpha value is -1.93. The molecule has 0 saturated heterocycles. The summed E-state index contributed by atoms with van der Waals surface area (Å²) in [6, 6.07) is 10.5. The number of alkyl halides is 3. The summed E-state index contributed by atoms with van der Waals surface area (Å²) in [4.78, 5) is 16.1. The highest BCUT2D eigenvalue weighted by molar-refractivity contribution is 9.10. The SMILES string of the molecule is O=C(Nc1nc2c(C(F)(F)F)cccc2s1)c1cccc(Br)c1. The number of thiazole rings is 1. The second kappa shape index (κ2) is 5.93. The zero-order valence-electron chi connectivity index (χ0n) is 11.3. The predicted octanol–water partition coefficient (Wildman–Crippen LogP) is 5.33. The third-order valence-corrected chi connectivity index (χ3v) is 4.46. The molecule has 0 atom stereocenters. The fourth-order valence-electron chi connectivity index (χ4n) is 2.03. The molecule has 0 aliphatic heterocycles. The molecule has 0 radical (unpaired) electrons. The number of fused-ring (bicyclic) bond motifs is 1. The predicted molar refractivity (Wildman–Crippen MR) is 86.7 cm³/mol. The Labute approximate surface area is 141 Å². The molecule has 0 spiro atoms. The molecule has 0 saturated carbocycles. The zero-order valence-corrected chi connectivity index (χ0v) is 13.7. The number of para-hydroxylation sites is 1. The molecule has 1 aromatic heterocycles. The van der Waals surface area contributed by atoms with E-state index in [4.69, 9.17) is 0 Å². The summed E-state index contributed by atoms with van der Waals surface area (Å²) >= 11 is 4.26.